The third kappa shape index (κ3) is 7.01. The van der Waals surface area contributed by atoms with Crippen molar-refractivity contribution in [3.63, 3.8) is 0 Å². The molecule has 0 spiro atoms. The number of hydroxylamine groups is 1. The Bertz CT molecular complexity index is 764. The van der Waals surface area contributed by atoms with Crippen LogP contribution in [0.3, 0.4) is 0 Å². The van der Waals surface area contributed by atoms with Crippen molar-refractivity contribution in [2.24, 2.45) is 0 Å². The van der Waals surface area contributed by atoms with Crippen LogP contribution in [0.1, 0.15) is 26.3 Å². The number of ether oxygens (including phenoxy) is 4. The number of benzene rings is 1. The molecule has 166 valence electrons. The van der Waals surface area contributed by atoms with E-state index in [4.69, 9.17) is 23.8 Å². The number of carbonyl (C=O) groups is 3. The lowest BCUT2D eigenvalue weighted by molar-refractivity contribution is -0.252. The van der Waals surface area contributed by atoms with Crippen molar-refractivity contribution < 1.29 is 42.6 Å². The predicted molar refractivity (Wildman–Crippen MR) is 103 cm³/mol. The van der Waals surface area contributed by atoms with Crippen molar-refractivity contribution in [1.29, 1.82) is 0 Å². The summed E-state index contributed by atoms with van der Waals surface area (Å²) >= 11 is 3.27. The van der Waals surface area contributed by atoms with E-state index in [1.165, 1.54) is 26.8 Å². The van der Waals surface area contributed by atoms with Gasteiger partial charge in [-0.15, -0.1) is 0 Å². The first-order chi connectivity index (χ1) is 14.2. The zero-order chi connectivity index (χ0) is 22.3. The Morgan fingerprint density at radius 1 is 1.10 bits per heavy atom. The van der Waals surface area contributed by atoms with E-state index < -0.39 is 53.1 Å². The smallest absolute Gasteiger partial charge is 0.303 e. The van der Waals surface area contributed by atoms with E-state index in [0.29, 0.717) is 0 Å². The first-order valence-electron chi connectivity index (χ1n) is 9.06. The van der Waals surface area contributed by atoms with Gasteiger partial charge < -0.3 is 18.9 Å². The minimum absolute atomic E-state index is 0.172. The van der Waals surface area contributed by atoms with Gasteiger partial charge in [0.25, 0.3) is 0 Å². The van der Waals surface area contributed by atoms with E-state index in [1.807, 2.05) is 0 Å². The molecule has 2 rings (SSSR count). The van der Waals surface area contributed by atoms with Crippen LogP contribution in [0, 0.1) is 5.82 Å². The molecule has 0 aliphatic carbocycles. The lowest BCUT2D eigenvalue weighted by Gasteiger charge is -2.43. The van der Waals surface area contributed by atoms with Gasteiger partial charge in [-0.1, -0.05) is 34.1 Å². The minimum atomic E-state index is -1.07. The van der Waals surface area contributed by atoms with Crippen molar-refractivity contribution in [3.05, 3.63) is 35.6 Å². The summed E-state index contributed by atoms with van der Waals surface area (Å²) in [5.41, 5.74) is 2.45. The zero-order valence-corrected chi connectivity index (χ0v) is 18.2. The third-order valence-corrected chi connectivity index (χ3v) is 4.79. The molecule has 1 heterocycles. The van der Waals surface area contributed by atoms with Crippen molar-refractivity contribution in [1.82, 2.24) is 5.48 Å². The third-order valence-electron chi connectivity index (χ3n) is 4.06. The molecule has 1 aliphatic heterocycles. The molecule has 5 atom stereocenters. The quantitative estimate of drug-likeness (QED) is 0.332. The van der Waals surface area contributed by atoms with Gasteiger partial charge in [0.2, 0.25) is 5.91 Å². The number of carbonyl (C=O) groups excluding carboxylic acids is 3. The molecule has 0 saturated carbocycles. The van der Waals surface area contributed by atoms with E-state index >= 15 is 0 Å². The second-order valence-corrected chi connectivity index (χ2v) is 7.41. The standard InChI is InChI=1S/C19H23BrFNO8/c1-10(23)22-30-18-17(28-12(3)25)16(15(29-19(18)20)9-26-11(2)24)27-8-13-6-4-5-7-14(13)21/h4-7,15-19H,8-9H2,1-3H3,(H,22,23)/t15-,16-,17+,18-,19?/m1/s1. The molecule has 1 saturated heterocycles. The molecule has 1 fully saturated rings. The van der Waals surface area contributed by atoms with E-state index in [0.717, 1.165) is 0 Å². The fourth-order valence-corrected chi connectivity index (χ4v) is 3.49. The molecule has 11 heteroatoms. The summed E-state index contributed by atoms with van der Waals surface area (Å²) in [6.45, 7) is 3.29. The van der Waals surface area contributed by atoms with Gasteiger partial charge in [0.05, 0.1) is 6.61 Å². The summed E-state index contributed by atoms with van der Waals surface area (Å²) in [6.07, 6.45) is -3.94. The van der Waals surface area contributed by atoms with E-state index in [2.05, 4.69) is 21.4 Å². The summed E-state index contributed by atoms with van der Waals surface area (Å²) in [6, 6.07) is 6.02. The Morgan fingerprint density at radius 3 is 2.40 bits per heavy atom. The molecule has 1 unspecified atom stereocenters. The van der Waals surface area contributed by atoms with Crippen molar-refractivity contribution in [3.8, 4) is 0 Å². The molecule has 9 nitrogen and oxygen atoms in total. The van der Waals surface area contributed by atoms with Crippen LogP contribution >= 0.6 is 15.9 Å². The maximum atomic E-state index is 14.0. The van der Waals surface area contributed by atoms with Gasteiger partial charge in [0.15, 0.2) is 12.2 Å². The highest BCUT2D eigenvalue weighted by molar-refractivity contribution is 9.09. The molecule has 1 amide bonds. The Hall–Kier alpha value is -2.08. The fraction of sp³-hybridized carbons (Fsp3) is 0.526. The number of rotatable bonds is 8. The number of alkyl halides is 1. The second-order valence-electron chi connectivity index (χ2n) is 6.51. The molecule has 1 aromatic carbocycles. The molecule has 1 aromatic rings. The Labute approximate surface area is 181 Å². The van der Waals surface area contributed by atoms with Crippen LogP contribution in [0.4, 0.5) is 4.39 Å². The minimum Gasteiger partial charge on any atom is -0.463 e. The average Bonchev–Trinajstić information content (AvgIpc) is 2.65. The van der Waals surface area contributed by atoms with E-state index in [1.54, 1.807) is 18.2 Å². The van der Waals surface area contributed by atoms with Crippen molar-refractivity contribution in [2.75, 3.05) is 6.61 Å². The van der Waals surface area contributed by atoms with Crippen LogP contribution in [0.2, 0.25) is 0 Å². The van der Waals surface area contributed by atoms with Crippen LogP contribution < -0.4 is 5.48 Å². The van der Waals surface area contributed by atoms with Crippen LogP contribution in [0.25, 0.3) is 0 Å². The highest BCUT2D eigenvalue weighted by Gasteiger charge is 2.49. The van der Waals surface area contributed by atoms with Crippen molar-refractivity contribution >= 4 is 33.8 Å². The maximum absolute atomic E-state index is 14.0. The molecule has 1 N–H and O–H groups in total. The Balaban J connectivity index is 2.28. The predicted octanol–water partition coefficient (Wildman–Crippen LogP) is 1.76. The lowest BCUT2D eigenvalue weighted by atomic mass is 9.99. The normalized spacial score (nSPS) is 26.0. The average molecular weight is 492 g/mol. The van der Waals surface area contributed by atoms with Gasteiger partial charge in [-0.05, 0) is 6.07 Å². The summed E-state index contributed by atoms with van der Waals surface area (Å²) in [4.78, 5) is 39.6. The Kier molecular flexibility index (Phi) is 9.15. The lowest BCUT2D eigenvalue weighted by Crippen LogP contribution is -2.61. The van der Waals surface area contributed by atoms with Crippen LogP contribution in [-0.4, -0.2) is 53.9 Å². The molecule has 0 bridgehead atoms. The number of nitrogens with one attached hydrogen (secondary N) is 1. The molecular weight excluding hydrogens is 469 g/mol. The zero-order valence-electron chi connectivity index (χ0n) is 16.6. The van der Waals surface area contributed by atoms with E-state index in [9.17, 15) is 18.8 Å². The van der Waals surface area contributed by atoms with Gasteiger partial charge in [0.1, 0.15) is 29.6 Å². The maximum Gasteiger partial charge on any atom is 0.303 e. The van der Waals surface area contributed by atoms with Gasteiger partial charge in [-0.2, -0.15) is 0 Å². The van der Waals surface area contributed by atoms with Crippen molar-refractivity contribution in [2.45, 2.75) is 56.8 Å². The fourth-order valence-electron chi connectivity index (χ4n) is 2.80. The molecule has 30 heavy (non-hydrogen) atoms. The number of halogens is 2. The topological polar surface area (TPSA) is 109 Å². The molecular formula is C19H23BrFNO8. The number of hydrogen-bond acceptors (Lipinski definition) is 8. The molecule has 0 aromatic heterocycles. The highest BCUT2D eigenvalue weighted by Crippen LogP contribution is 2.31. The highest BCUT2D eigenvalue weighted by atomic mass is 79.9. The molecule has 1 aliphatic rings. The monoisotopic (exact) mass is 491 g/mol. The first kappa shape index (κ1) is 24.2. The summed E-state index contributed by atoms with van der Waals surface area (Å²) < 4.78 is 36.1. The van der Waals surface area contributed by atoms with Gasteiger partial charge in [-0.25, -0.2) is 9.87 Å². The van der Waals surface area contributed by atoms with Crippen LogP contribution in [0.5, 0.6) is 0 Å². The Morgan fingerprint density at radius 2 is 1.80 bits per heavy atom. The van der Waals surface area contributed by atoms with Gasteiger partial charge in [0, 0.05) is 26.3 Å². The molecule has 0 radical (unpaired) electrons. The summed E-state index contributed by atoms with van der Waals surface area (Å²) in [5.74, 6) is -2.14. The summed E-state index contributed by atoms with van der Waals surface area (Å²) in [7, 11) is 0. The number of esters is 2. The summed E-state index contributed by atoms with van der Waals surface area (Å²) in [5, 5.41) is -0.845. The number of amides is 1. The number of hydrogen-bond donors (Lipinski definition) is 1. The van der Waals surface area contributed by atoms with Gasteiger partial charge >= 0.3 is 11.9 Å². The first-order valence-corrected chi connectivity index (χ1v) is 9.98. The second kappa shape index (κ2) is 11.3. The SMILES string of the molecule is CC(=O)NO[C@H]1C(Br)O[C@H](COC(C)=O)[C@@H](OCc2ccccc2F)[C@@H]1OC(C)=O. The van der Waals surface area contributed by atoms with Crippen LogP contribution in [0.15, 0.2) is 24.3 Å². The van der Waals surface area contributed by atoms with Crippen LogP contribution in [-0.2, 0) is 44.8 Å². The van der Waals surface area contributed by atoms with E-state index in [-0.39, 0.29) is 18.8 Å². The largest absolute Gasteiger partial charge is 0.463 e. The van der Waals surface area contributed by atoms with Gasteiger partial charge in [-0.3, -0.25) is 19.2 Å².